The minimum absolute atomic E-state index is 1.19. The first-order valence-electron chi connectivity index (χ1n) is 7.54. The van der Waals surface area contributed by atoms with Crippen LogP contribution in [0.15, 0.2) is 60.8 Å². The topological polar surface area (TPSA) is 8.81 Å². The molecule has 0 N–H and O–H groups in total. The maximum atomic E-state index is 2.30. The number of hydrogen-bond donors (Lipinski definition) is 0. The summed E-state index contributed by atoms with van der Waals surface area (Å²) in [5.41, 5.74) is 6.17. The van der Waals surface area contributed by atoms with Crippen molar-refractivity contribution in [2.24, 2.45) is 7.05 Å². The zero-order chi connectivity index (χ0) is 15.5. The Morgan fingerprint density at radius 3 is 2.36 bits per heavy atom. The molecule has 2 nitrogen and oxygen atoms in total. The van der Waals surface area contributed by atoms with Crippen LogP contribution in [-0.2, 0) is 7.05 Å². The molecular formula is C20H21N2+. The van der Waals surface area contributed by atoms with E-state index in [4.69, 9.17) is 0 Å². The average molecular weight is 289 g/mol. The van der Waals surface area contributed by atoms with E-state index in [0.717, 1.165) is 0 Å². The second-order valence-corrected chi connectivity index (χ2v) is 5.57. The van der Waals surface area contributed by atoms with E-state index in [0.29, 0.717) is 0 Å². The molecule has 0 amide bonds. The summed E-state index contributed by atoms with van der Waals surface area (Å²) >= 11 is 0. The number of para-hydroxylation sites is 1. The van der Waals surface area contributed by atoms with Gasteiger partial charge in [-0.25, -0.2) is 4.57 Å². The van der Waals surface area contributed by atoms with Crippen LogP contribution in [0.5, 0.6) is 0 Å². The molecule has 0 saturated carbocycles. The number of rotatable bonds is 3. The van der Waals surface area contributed by atoms with Crippen molar-refractivity contribution in [3.63, 3.8) is 0 Å². The van der Waals surface area contributed by atoms with Crippen LogP contribution < -0.4 is 4.57 Å². The molecule has 3 rings (SSSR count). The first-order chi connectivity index (χ1) is 10.7. The normalized spacial score (nSPS) is 11.2. The van der Waals surface area contributed by atoms with Crippen LogP contribution in [0, 0.1) is 13.8 Å². The summed E-state index contributed by atoms with van der Waals surface area (Å²) in [6.45, 7) is 4.32. The van der Waals surface area contributed by atoms with Crippen molar-refractivity contribution in [1.29, 1.82) is 0 Å². The average Bonchev–Trinajstić information content (AvgIpc) is 2.81. The van der Waals surface area contributed by atoms with E-state index in [-0.39, 0.29) is 0 Å². The van der Waals surface area contributed by atoms with Crippen LogP contribution in [0.25, 0.3) is 17.8 Å². The molecule has 0 bridgehead atoms. The van der Waals surface area contributed by atoms with Crippen molar-refractivity contribution in [3.05, 3.63) is 83.4 Å². The number of nitrogens with zero attached hydrogens (tertiary/aromatic N) is 2. The molecule has 2 heterocycles. The highest BCUT2D eigenvalue weighted by Gasteiger charge is 2.09. The molecular weight excluding hydrogens is 268 g/mol. The molecule has 0 aliphatic heterocycles. The SMILES string of the molecule is Cc1cc(/C=C/c2cccc[n+]2C)c(C)n1-c1ccccc1. The van der Waals surface area contributed by atoms with Gasteiger partial charge in [0.1, 0.15) is 7.05 Å². The smallest absolute Gasteiger partial charge is 0.204 e. The van der Waals surface area contributed by atoms with Gasteiger partial charge in [-0.05, 0) is 49.8 Å². The van der Waals surface area contributed by atoms with E-state index in [1.165, 1.54) is 28.3 Å². The zero-order valence-electron chi connectivity index (χ0n) is 13.3. The Balaban J connectivity index is 1.99. The van der Waals surface area contributed by atoms with Crippen LogP contribution in [-0.4, -0.2) is 4.57 Å². The van der Waals surface area contributed by atoms with Crippen LogP contribution in [0.1, 0.15) is 22.6 Å². The lowest BCUT2D eigenvalue weighted by molar-refractivity contribution is -0.673. The Hall–Kier alpha value is -2.61. The molecule has 2 aromatic heterocycles. The predicted molar refractivity (Wildman–Crippen MR) is 91.8 cm³/mol. The summed E-state index contributed by atoms with van der Waals surface area (Å²) in [6.07, 6.45) is 6.42. The lowest BCUT2D eigenvalue weighted by Gasteiger charge is -2.09. The molecule has 3 aromatic rings. The summed E-state index contributed by atoms with van der Waals surface area (Å²) in [4.78, 5) is 0. The van der Waals surface area contributed by atoms with Crippen LogP contribution in [0.3, 0.4) is 0 Å². The van der Waals surface area contributed by atoms with E-state index in [1.54, 1.807) is 0 Å². The van der Waals surface area contributed by atoms with Crippen molar-refractivity contribution < 1.29 is 4.57 Å². The van der Waals surface area contributed by atoms with Gasteiger partial charge < -0.3 is 4.57 Å². The number of benzene rings is 1. The van der Waals surface area contributed by atoms with Crippen molar-refractivity contribution in [1.82, 2.24) is 4.57 Å². The molecule has 0 atom stereocenters. The Bertz CT molecular complexity index is 811. The first kappa shape index (κ1) is 14.3. The molecule has 2 heteroatoms. The van der Waals surface area contributed by atoms with Crippen LogP contribution in [0.4, 0.5) is 0 Å². The molecule has 0 aliphatic carbocycles. The van der Waals surface area contributed by atoms with Gasteiger partial charge in [0.15, 0.2) is 6.20 Å². The monoisotopic (exact) mass is 289 g/mol. The summed E-state index contributed by atoms with van der Waals surface area (Å²) in [5.74, 6) is 0. The van der Waals surface area contributed by atoms with Crippen molar-refractivity contribution in [3.8, 4) is 5.69 Å². The molecule has 0 unspecified atom stereocenters. The summed E-state index contributed by atoms with van der Waals surface area (Å²) in [5, 5.41) is 0. The number of aromatic nitrogens is 2. The van der Waals surface area contributed by atoms with E-state index in [1.807, 2.05) is 12.1 Å². The van der Waals surface area contributed by atoms with Crippen molar-refractivity contribution in [2.45, 2.75) is 13.8 Å². The molecule has 0 spiro atoms. The maximum absolute atomic E-state index is 2.30. The van der Waals surface area contributed by atoms with Gasteiger partial charge >= 0.3 is 0 Å². The fourth-order valence-electron chi connectivity index (χ4n) is 2.82. The van der Waals surface area contributed by atoms with E-state index in [9.17, 15) is 0 Å². The van der Waals surface area contributed by atoms with Gasteiger partial charge in [0.05, 0.1) is 0 Å². The highest BCUT2D eigenvalue weighted by atomic mass is 15.0. The van der Waals surface area contributed by atoms with Gasteiger partial charge in [0, 0.05) is 35.3 Å². The van der Waals surface area contributed by atoms with Gasteiger partial charge in [-0.3, -0.25) is 0 Å². The molecule has 0 radical (unpaired) electrons. The fourth-order valence-corrected chi connectivity index (χ4v) is 2.82. The van der Waals surface area contributed by atoms with E-state index < -0.39 is 0 Å². The van der Waals surface area contributed by atoms with Gasteiger partial charge in [-0.2, -0.15) is 0 Å². The number of aryl methyl sites for hydroxylation is 2. The van der Waals surface area contributed by atoms with Gasteiger partial charge in [-0.15, -0.1) is 0 Å². The Morgan fingerprint density at radius 1 is 0.909 bits per heavy atom. The predicted octanol–water partition coefficient (Wildman–Crippen LogP) is 4.09. The second-order valence-electron chi connectivity index (χ2n) is 5.57. The van der Waals surface area contributed by atoms with Gasteiger partial charge in [0.25, 0.3) is 0 Å². The van der Waals surface area contributed by atoms with Crippen molar-refractivity contribution >= 4 is 12.2 Å². The van der Waals surface area contributed by atoms with E-state index in [2.05, 4.69) is 90.8 Å². The molecule has 110 valence electrons. The summed E-state index contributed by atoms with van der Waals surface area (Å²) in [6, 6.07) is 18.9. The summed E-state index contributed by atoms with van der Waals surface area (Å²) in [7, 11) is 2.06. The molecule has 0 fully saturated rings. The molecule has 0 saturated heterocycles. The van der Waals surface area contributed by atoms with E-state index >= 15 is 0 Å². The van der Waals surface area contributed by atoms with Gasteiger partial charge in [0.2, 0.25) is 5.69 Å². The largest absolute Gasteiger partial charge is 0.318 e. The lowest BCUT2D eigenvalue weighted by Crippen LogP contribution is -2.30. The standard InChI is InChI=1S/C20H21N2/c1-16-15-18(12-13-19-9-7-8-14-21(19)3)17(2)22(16)20-10-5-4-6-11-20/h4-15H,1-3H3/q+1. The summed E-state index contributed by atoms with van der Waals surface area (Å²) < 4.78 is 4.41. The Kier molecular flexibility index (Phi) is 3.92. The first-order valence-corrected chi connectivity index (χ1v) is 7.54. The minimum Gasteiger partial charge on any atom is -0.318 e. The highest BCUT2D eigenvalue weighted by molar-refractivity contribution is 5.69. The second kappa shape index (κ2) is 6.02. The van der Waals surface area contributed by atoms with Crippen LogP contribution >= 0.6 is 0 Å². The molecule has 0 aliphatic rings. The minimum atomic E-state index is 1.19. The quantitative estimate of drug-likeness (QED) is 0.642. The maximum Gasteiger partial charge on any atom is 0.204 e. The van der Waals surface area contributed by atoms with Crippen LogP contribution in [0.2, 0.25) is 0 Å². The lowest BCUT2D eigenvalue weighted by atomic mass is 10.2. The third-order valence-corrected chi connectivity index (χ3v) is 4.01. The Morgan fingerprint density at radius 2 is 1.64 bits per heavy atom. The Labute approximate surface area is 132 Å². The number of pyridine rings is 1. The zero-order valence-corrected chi connectivity index (χ0v) is 13.3. The third kappa shape index (κ3) is 2.73. The van der Waals surface area contributed by atoms with Gasteiger partial charge in [-0.1, -0.05) is 18.2 Å². The highest BCUT2D eigenvalue weighted by Crippen LogP contribution is 2.22. The van der Waals surface area contributed by atoms with Crippen molar-refractivity contribution in [2.75, 3.05) is 0 Å². The molecule has 22 heavy (non-hydrogen) atoms. The molecule has 1 aromatic carbocycles. The third-order valence-electron chi connectivity index (χ3n) is 4.01. The fraction of sp³-hybridized carbons (Fsp3) is 0.150. The number of hydrogen-bond acceptors (Lipinski definition) is 0.